The van der Waals surface area contributed by atoms with Gasteiger partial charge in [0.25, 0.3) is 0 Å². The van der Waals surface area contributed by atoms with Crippen molar-refractivity contribution in [2.75, 3.05) is 12.0 Å². The van der Waals surface area contributed by atoms with E-state index >= 15 is 0 Å². The van der Waals surface area contributed by atoms with Crippen LogP contribution in [0.25, 0.3) is 0 Å². The molecule has 0 atom stereocenters. The summed E-state index contributed by atoms with van der Waals surface area (Å²) in [5.74, 6) is 1.22. The Morgan fingerprint density at radius 2 is 2.38 bits per heavy atom. The number of hydrogen-bond acceptors (Lipinski definition) is 4. The second-order valence-corrected chi connectivity index (χ2v) is 3.96. The number of ether oxygens (including phenoxy) is 1. The van der Waals surface area contributed by atoms with E-state index in [0.29, 0.717) is 11.9 Å². The van der Waals surface area contributed by atoms with Crippen LogP contribution in [0.3, 0.4) is 0 Å². The van der Waals surface area contributed by atoms with Crippen molar-refractivity contribution in [3.05, 3.63) is 12.3 Å². The highest BCUT2D eigenvalue weighted by Gasteiger charge is 2.24. The summed E-state index contributed by atoms with van der Waals surface area (Å²) in [6.07, 6.45) is 6.43. The lowest BCUT2D eigenvalue weighted by atomic mass is 10.4. The zero-order chi connectivity index (χ0) is 9.26. The average Bonchev–Trinajstić information content (AvgIpc) is 2.93. The van der Waals surface area contributed by atoms with Crippen LogP contribution < -0.4 is 10.5 Å². The number of nitrogen functional groups attached to an aromatic ring is 1. The Bertz CT molecular complexity index is 312. The van der Waals surface area contributed by atoms with Gasteiger partial charge in [-0.25, -0.2) is 4.98 Å². The fourth-order valence-electron chi connectivity index (χ4n) is 1.01. The van der Waals surface area contributed by atoms with Gasteiger partial charge in [-0.15, -0.1) is 11.8 Å². The molecule has 0 amide bonds. The molecule has 1 aliphatic rings. The second kappa shape index (κ2) is 3.46. The highest BCUT2D eigenvalue weighted by atomic mass is 32.2. The standard InChI is InChI=1S/C9H12N2OS/c1-13-7-4-8(9(10)11-5-7)12-6-2-3-6/h4-6H,2-3H2,1H3,(H2,10,11). The van der Waals surface area contributed by atoms with Gasteiger partial charge >= 0.3 is 0 Å². The van der Waals surface area contributed by atoms with E-state index in [2.05, 4.69) is 4.98 Å². The summed E-state index contributed by atoms with van der Waals surface area (Å²) in [6.45, 7) is 0. The minimum Gasteiger partial charge on any atom is -0.487 e. The van der Waals surface area contributed by atoms with Gasteiger partial charge in [-0.2, -0.15) is 0 Å². The van der Waals surface area contributed by atoms with Crippen LogP contribution >= 0.6 is 11.8 Å². The SMILES string of the molecule is CSc1cnc(N)c(OC2CC2)c1. The quantitative estimate of drug-likeness (QED) is 0.750. The van der Waals surface area contributed by atoms with Gasteiger partial charge in [-0.1, -0.05) is 0 Å². The maximum Gasteiger partial charge on any atom is 0.166 e. The molecule has 0 radical (unpaired) electrons. The lowest BCUT2D eigenvalue weighted by Gasteiger charge is -2.07. The molecule has 0 aromatic carbocycles. The van der Waals surface area contributed by atoms with E-state index < -0.39 is 0 Å². The van der Waals surface area contributed by atoms with Crippen LogP contribution in [0.2, 0.25) is 0 Å². The molecule has 70 valence electrons. The highest BCUT2D eigenvalue weighted by Crippen LogP contribution is 2.31. The molecule has 1 aliphatic carbocycles. The number of hydrogen-bond donors (Lipinski definition) is 1. The highest BCUT2D eigenvalue weighted by molar-refractivity contribution is 7.98. The predicted octanol–water partition coefficient (Wildman–Crippen LogP) is 1.93. The van der Waals surface area contributed by atoms with E-state index in [4.69, 9.17) is 10.5 Å². The Morgan fingerprint density at radius 1 is 1.62 bits per heavy atom. The lowest BCUT2D eigenvalue weighted by molar-refractivity contribution is 0.303. The van der Waals surface area contributed by atoms with Gasteiger partial charge in [0.05, 0.1) is 6.10 Å². The molecule has 4 heteroatoms. The van der Waals surface area contributed by atoms with Crippen LogP contribution in [-0.2, 0) is 0 Å². The first-order valence-electron chi connectivity index (χ1n) is 4.26. The zero-order valence-electron chi connectivity index (χ0n) is 7.49. The number of anilines is 1. The van der Waals surface area contributed by atoms with Crippen LogP contribution in [-0.4, -0.2) is 17.3 Å². The number of nitrogens with two attached hydrogens (primary N) is 1. The molecule has 0 spiro atoms. The minimum absolute atomic E-state index is 0.376. The van der Waals surface area contributed by atoms with E-state index in [-0.39, 0.29) is 0 Å². The van der Waals surface area contributed by atoms with E-state index in [0.717, 1.165) is 23.5 Å². The molecule has 1 saturated carbocycles. The van der Waals surface area contributed by atoms with Crippen molar-refractivity contribution in [2.24, 2.45) is 0 Å². The van der Waals surface area contributed by atoms with Gasteiger partial charge in [0.1, 0.15) is 0 Å². The molecule has 0 unspecified atom stereocenters. The fraction of sp³-hybridized carbons (Fsp3) is 0.444. The molecule has 1 aromatic heterocycles. The summed E-state index contributed by atoms with van der Waals surface area (Å²) < 4.78 is 5.60. The summed E-state index contributed by atoms with van der Waals surface area (Å²) in [5, 5.41) is 0. The van der Waals surface area contributed by atoms with Gasteiger partial charge in [0, 0.05) is 11.1 Å². The largest absolute Gasteiger partial charge is 0.487 e. The fourth-order valence-corrected chi connectivity index (χ4v) is 1.39. The zero-order valence-corrected chi connectivity index (χ0v) is 8.30. The molecule has 1 heterocycles. The van der Waals surface area contributed by atoms with E-state index in [1.165, 1.54) is 0 Å². The molecule has 13 heavy (non-hydrogen) atoms. The molecule has 0 aliphatic heterocycles. The number of rotatable bonds is 3. The molecule has 0 bridgehead atoms. The van der Waals surface area contributed by atoms with Crippen molar-refractivity contribution in [3.63, 3.8) is 0 Å². The first-order valence-corrected chi connectivity index (χ1v) is 5.48. The van der Waals surface area contributed by atoms with Crippen molar-refractivity contribution >= 4 is 17.6 Å². The van der Waals surface area contributed by atoms with Crippen LogP contribution in [0.1, 0.15) is 12.8 Å². The van der Waals surface area contributed by atoms with Crippen LogP contribution in [0.5, 0.6) is 5.75 Å². The van der Waals surface area contributed by atoms with Crippen LogP contribution in [0.4, 0.5) is 5.82 Å². The number of pyridine rings is 1. The number of thioether (sulfide) groups is 1. The normalized spacial score (nSPS) is 15.8. The van der Waals surface area contributed by atoms with Crippen molar-refractivity contribution in [1.82, 2.24) is 4.98 Å². The molecule has 0 saturated heterocycles. The van der Waals surface area contributed by atoms with Gasteiger partial charge in [0.2, 0.25) is 0 Å². The van der Waals surface area contributed by atoms with Crippen molar-refractivity contribution in [1.29, 1.82) is 0 Å². The third-order valence-corrected chi connectivity index (χ3v) is 2.61. The van der Waals surface area contributed by atoms with E-state index in [1.54, 1.807) is 18.0 Å². The molecular weight excluding hydrogens is 184 g/mol. The molecular formula is C9H12N2OS. The smallest absolute Gasteiger partial charge is 0.166 e. The van der Waals surface area contributed by atoms with Crippen LogP contribution in [0.15, 0.2) is 17.2 Å². The Morgan fingerprint density at radius 3 is 3.00 bits per heavy atom. The predicted molar refractivity (Wildman–Crippen MR) is 54.1 cm³/mol. The topological polar surface area (TPSA) is 48.1 Å². The first-order chi connectivity index (χ1) is 6.29. The van der Waals surface area contributed by atoms with E-state index in [9.17, 15) is 0 Å². The number of aromatic nitrogens is 1. The third kappa shape index (κ3) is 2.06. The van der Waals surface area contributed by atoms with Gasteiger partial charge in [-0.05, 0) is 25.2 Å². The third-order valence-electron chi connectivity index (χ3n) is 1.91. The van der Waals surface area contributed by atoms with Crippen LogP contribution in [0, 0.1) is 0 Å². The van der Waals surface area contributed by atoms with Gasteiger partial charge < -0.3 is 10.5 Å². The summed E-state index contributed by atoms with van der Waals surface area (Å²) in [6, 6.07) is 1.95. The van der Waals surface area contributed by atoms with Gasteiger partial charge in [-0.3, -0.25) is 0 Å². The summed E-state index contributed by atoms with van der Waals surface area (Å²) in [5.41, 5.74) is 5.67. The summed E-state index contributed by atoms with van der Waals surface area (Å²) >= 11 is 1.64. The first kappa shape index (κ1) is 8.69. The lowest BCUT2D eigenvalue weighted by Crippen LogP contribution is -2.01. The van der Waals surface area contributed by atoms with Crippen molar-refractivity contribution in [2.45, 2.75) is 23.8 Å². The number of nitrogens with zero attached hydrogens (tertiary/aromatic N) is 1. The monoisotopic (exact) mass is 196 g/mol. The average molecular weight is 196 g/mol. The summed E-state index contributed by atoms with van der Waals surface area (Å²) in [4.78, 5) is 5.15. The van der Waals surface area contributed by atoms with Crippen molar-refractivity contribution < 1.29 is 4.74 Å². The second-order valence-electron chi connectivity index (χ2n) is 3.08. The Hall–Kier alpha value is -0.900. The molecule has 1 aromatic rings. The molecule has 1 fully saturated rings. The Kier molecular flexibility index (Phi) is 2.31. The maximum absolute atomic E-state index is 5.67. The Labute approximate surface area is 81.7 Å². The van der Waals surface area contributed by atoms with E-state index in [1.807, 2.05) is 12.3 Å². The molecule has 2 rings (SSSR count). The Balaban J connectivity index is 2.19. The van der Waals surface area contributed by atoms with Gasteiger partial charge in [0.15, 0.2) is 11.6 Å². The molecule has 2 N–H and O–H groups in total. The molecule has 3 nitrogen and oxygen atoms in total. The summed E-state index contributed by atoms with van der Waals surface area (Å²) in [7, 11) is 0. The maximum atomic E-state index is 5.67. The minimum atomic E-state index is 0.376. The van der Waals surface area contributed by atoms with Crippen molar-refractivity contribution in [3.8, 4) is 5.75 Å².